The summed E-state index contributed by atoms with van der Waals surface area (Å²) in [4.78, 5) is 50.4. The van der Waals surface area contributed by atoms with Crippen LogP contribution in [-0.4, -0.2) is 30.4 Å². The van der Waals surface area contributed by atoms with Crippen molar-refractivity contribution in [2.75, 3.05) is 11.5 Å². The molecule has 1 aliphatic rings. The van der Waals surface area contributed by atoms with E-state index in [4.69, 9.17) is 9.47 Å². The maximum Gasteiger partial charge on any atom is 0.335 e. The number of amides is 4. The third kappa shape index (κ3) is 4.63. The van der Waals surface area contributed by atoms with Crippen LogP contribution in [0.5, 0.6) is 11.5 Å². The Morgan fingerprint density at radius 3 is 2.48 bits per heavy atom. The van der Waals surface area contributed by atoms with Gasteiger partial charge >= 0.3 is 12.0 Å². The Kier molecular flexibility index (Phi) is 6.49. The molecule has 1 aliphatic heterocycles. The third-order valence-electron chi connectivity index (χ3n) is 4.55. The van der Waals surface area contributed by atoms with Crippen molar-refractivity contribution < 1.29 is 28.7 Å². The summed E-state index contributed by atoms with van der Waals surface area (Å²) in [5, 5.41) is 2.20. The monoisotopic (exact) mass is 422 g/mol. The van der Waals surface area contributed by atoms with Gasteiger partial charge in [0.2, 0.25) is 0 Å². The van der Waals surface area contributed by atoms with Crippen LogP contribution in [0.2, 0.25) is 0 Å². The maximum atomic E-state index is 13.0. The number of para-hydroxylation sites is 1. The van der Waals surface area contributed by atoms with Crippen molar-refractivity contribution in [3.8, 4) is 11.5 Å². The van der Waals surface area contributed by atoms with Crippen molar-refractivity contribution in [2.45, 2.75) is 27.2 Å². The zero-order chi connectivity index (χ0) is 22.5. The summed E-state index contributed by atoms with van der Waals surface area (Å²) in [5.41, 5.74) is 1.36. The van der Waals surface area contributed by atoms with Crippen LogP contribution in [0.15, 0.2) is 48.0 Å². The number of aryl methyl sites for hydroxylation is 1. The number of esters is 1. The van der Waals surface area contributed by atoms with Gasteiger partial charge in [-0.1, -0.05) is 31.2 Å². The van der Waals surface area contributed by atoms with Crippen LogP contribution in [0.3, 0.4) is 0 Å². The van der Waals surface area contributed by atoms with Crippen molar-refractivity contribution >= 4 is 35.6 Å². The Labute approximate surface area is 179 Å². The minimum absolute atomic E-state index is 0.203. The molecule has 0 aliphatic carbocycles. The number of rotatable bonds is 6. The number of barbiturate groups is 1. The van der Waals surface area contributed by atoms with Gasteiger partial charge in [-0.2, -0.15) is 0 Å². The van der Waals surface area contributed by atoms with Gasteiger partial charge in [0.15, 0.2) is 11.5 Å². The van der Waals surface area contributed by atoms with E-state index >= 15 is 0 Å². The molecule has 8 nitrogen and oxygen atoms in total. The van der Waals surface area contributed by atoms with Crippen LogP contribution in [0.4, 0.5) is 10.5 Å². The topological polar surface area (TPSA) is 102 Å². The Morgan fingerprint density at radius 2 is 1.81 bits per heavy atom. The fraction of sp³-hybridized carbons (Fsp3) is 0.217. The predicted molar refractivity (Wildman–Crippen MR) is 114 cm³/mol. The molecule has 4 amide bonds. The molecule has 0 unspecified atom stereocenters. The number of nitrogens with zero attached hydrogens (tertiary/aromatic N) is 1. The molecule has 0 bridgehead atoms. The molecule has 0 radical (unpaired) electrons. The first-order valence-electron chi connectivity index (χ1n) is 9.80. The van der Waals surface area contributed by atoms with Crippen LogP contribution in [-0.2, 0) is 14.4 Å². The van der Waals surface area contributed by atoms with Crippen LogP contribution < -0.4 is 19.7 Å². The van der Waals surface area contributed by atoms with Crippen LogP contribution >= 0.6 is 0 Å². The lowest BCUT2D eigenvalue weighted by atomic mass is 10.1. The average Bonchev–Trinajstić information content (AvgIpc) is 2.74. The van der Waals surface area contributed by atoms with E-state index in [9.17, 15) is 19.2 Å². The molecule has 3 rings (SSSR count). The van der Waals surface area contributed by atoms with E-state index in [-0.39, 0.29) is 17.7 Å². The highest BCUT2D eigenvalue weighted by molar-refractivity contribution is 6.39. The fourth-order valence-electron chi connectivity index (χ4n) is 3.02. The smallest absolute Gasteiger partial charge is 0.335 e. The van der Waals surface area contributed by atoms with Gasteiger partial charge in [-0.3, -0.25) is 19.7 Å². The molecular weight excluding hydrogens is 400 g/mol. The number of hydrogen-bond donors (Lipinski definition) is 1. The second-order valence-electron chi connectivity index (χ2n) is 6.71. The zero-order valence-electron chi connectivity index (χ0n) is 17.4. The Balaban J connectivity index is 1.99. The van der Waals surface area contributed by atoms with Gasteiger partial charge < -0.3 is 9.47 Å². The SMILES string of the molecule is CCOc1cc(/C=C2/C(=O)NC(=O)N(c3ccccc3C)C2=O)ccc1OC(=O)CC. The van der Waals surface area contributed by atoms with E-state index in [1.165, 1.54) is 12.1 Å². The molecule has 160 valence electrons. The highest BCUT2D eigenvalue weighted by Crippen LogP contribution is 2.31. The fourth-order valence-corrected chi connectivity index (χ4v) is 3.02. The first kappa shape index (κ1) is 21.8. The van der Waals surface area contributed by atoms with E-state index in [1.807, 2.05) is 0 Å². The van der Waals surface area contributed by atoms with E-state index in [1.54, 1.807) is 57.2 Å². The standard InChI is InChI=1S/C23H22N2O6/c1-4-20(26)31-18-11-10-15(13-19(18)30-5-2)12-16-21(27)24-23(29)25(22(16)28)17-9-7-6-8-14(17)3/h6-13H,4-5H2,1-3H3,(H,24,27,29)/b16-12-. The van der Waals surface area contributed by atoms with Gasteiger partial charge in [0, 0.05) is 6.42 Å². The summed E-state index contributed by atoms with van der Waals surface area (Å²) in [6.07, 6.45) is 1.57. The van der Waals surface area contributed by atoms with E-state index in [2.05, 4.69) is 5.32 Å². The highest BCUT2D eigenvalue weighted by Gasteiger charge is 2.37. The van der Waals surface area contributed by atoms with Gasteiger partial charge in [0.05, 0.1) is 12.3 Å². The lowest BCUT2D eigenvalue weighted by Gasteiger charge is -2.27. The first-order chi connectivity index (χ1) is 14.8. The van der Waals surface area contributed by atoms with Gasteiger partial charge in [-0.05, 0) is 49.2 Å². The van der Waals surface area contributed by atoms with E-state index in [0.29, 0.717) is 29.2 Å². The molecule has 8 heteroatoms. The summed E-state index contributed by atoms with van der Waals surface area (Å²) in [6, 6.07) is 10.7. The minimum Gasteiger partial charge on any atom is -0.490 e. The average molecular weight is 422 g/mol. The van der Waals surface area contributed by atoms with Gasteiger partial charge in [0.25, 0.3) is 11.8 Å². The summed E-state index contributed by atoms with van der Waals surface area (Å²) in [6.45, 7) is 5.54. The van der Waals surface area contributed by atoms with Gasteiger partial charge in [0.1, 0.15) is 5.57 Å². The Morgan fingerprint density at radius 1 is 1.06 bits per heavy atom. The lowest BCUT2D eigenvalue weighted by Crippen LogP contribution is -2.54. The summed E-state index contributed by atoms with van der Waals surface area (Å²) >= 11 is 0. The Bertz CT molecular complexity index is 1090. The molecule has 1 heterocycles. The van der Waals surface area contributed by atoms with Crippen molar-refractivity contribution in [3.63, 3.8) is 0 Å². The highest BCUT2D eigenvalue weighted by atomic mass is 16.6. The molecule has 1 saturated heterocycles. The van der Waals surface area contributed by atoms with Crippen molar-refractivity contribution in [2.24, 2.45) is 0 Å². The van der Waals surface area contributed by atoms with Crippen molar-refractivity contribution in [3.05, 3.63) is 59.2 Å². The van der Waals surface area contributed by atoms with E-state index < -0.39 is 23.8 Å². The third-order valence-corrected chi connectivity index (χ3v) is 4.55. The number of carbonyl (C=O) groups is 4. The quantitative estimate of drug-likeness (QED) is 0.331. The number of anilines is 1. The summed E-state index contributed by atoms with van der Waals surface area (Å²) in [5.74, 6) is -1.40. The molecule has 0 aromatic heterocycles. The predicted octanol–water partition coefficient (Wildman–Crippen LogP) is 3.38. The van der Waals surface area contributed by atoms with Gasteiger partial charge in [-0.15, -0.1) is 0 Å². The van der Waals surface area contributed by atoms with E-state index in [0.717, 1.165) is 4.90 Å². The number of nitrogens with one attached hydrogen (secondary N) is 1. The van der Waals surface area contributed by atoms with Crippen LogP contribution in [0.1, 0.15) is 31.4 Å². The van der Waals surface area contributed by atoms with Crippen molar-refractivity contribution in [1.82, 2.24) is 5.32 Å². The number of carbonyl (C=O) groups excluding carboxylic acids is 4. The second-order valence-corrected chi connectivity index (χ2v) is 6.71. The largest absolute Gasteiger partial charge is 0.490 e. The number of hydrogen-bond acceptors (Lipinski definition) is 6. The summed E-state index contributed by atoms with van der Waals surface area (Å²) < 4.78 is 10.8. The molecule has 31 heavy (non-hydrogen) atoms. The van der Waals surface area contributed by atoms with Crippen LogP contribution in [0, 0.1) is 6.92 Å². The molecule has 2 aromatic carbocycles. The number of ether oxygens (including phenoxy) is 2. The molecule has 0 atom stereocenters. The molecule has 1 fully saturated rings. The normalized spacial score (nSPS) is 15.1. The van der Waals surface area contributed by atoms with Crippen LogP contribution in [0.25, 0.3) is 6.08 Å². The minimum atomic E-state index is -0.807. The number of imide groups is 2. The lowest BCUT2D eigenvalue weighted by molar-refractivity contribution is -0.134. The Hall–Kier alpha value is -3.94. The molecule has 2 aromatic rings. The van der Waals surface area contributed by atoms with Crippen molar-refractivity contribution in [1.29, 1.82) is 0 Å². The first-order valence-corrected chi connectivity index (χ1v) is 9.80. The number of benzene rings is 2. The number of urea groups is 1. The molecular formula is C23H22N2O6. The molecule has 0 spiro atoms. The summed E-state index contributed by atoms with van der Waals surface area (Å²) in [7, 11) is 0. The zero-order valence-corrected chi connectivity index (χ0v) is 17.4. The molecule has 0 saturated carbocycles. The van der Waals surface area contributed by atoms with Gasteiger partial charge in [-0.25, -0.2) is 9.69 Å². The molecule has 1 N–H and O–H groups in total. The second kappa shape index (κ2) is 9.25. The maximum absolute atomic E-state index is 13.0.